The highest BCUT2D eigenvalue weighted by Crippen LogP contribution is 2.32. The molecule has 0 radical (unpaired) electrons. The number of esters is 1. The van der Waals surface area contributed by atoms with E-state index in [4.69, 9.17) is 4.74 Å². The lowest BCUT2D eigenvalue weighted by Gasteiger charge is -2.33. The zero-order valence-electron chi connectivity index (χ0n) is 11.6. The first kappa shape index (κ1) is 14.5. The molecule has 0 bridgehead atoms. The molecule has 0 aliphatic heterocycles. The Bertz CT molecular complexity index is 238. The molecule has 1 rings (SSSR count). The van der Waals surface area contributed by atoms with E-state index in [0.29, 0.717) is 6.42 Å². The Hall–Kier alpha value is -0.570. The van der Waals surface area contributed by atoms with Crippen LogP contribution in [-0.4, -0.2) is 25.2 Å². The molecule has 100 valence electrons. The van der Waals surface area contributed by atoms with Crippen LogP contribution in [0.4, 0.5) is 0 Å². The second-order valence-electron chi connectivity index (χ2n) is 5.50. The van der Waals surface area contributed by atoms with Crippen molar-refractivity contribution in [2.75, 3.05) is 13.7 Å². The van der Waals surface area contributed by atoms with Gasteiger partial charge in [-0.3, -0.25) is 4.79 Å². The SMILES string of the molecule is CCCNC1(CC(=O)OC)CCCC(C)CC1. The minimum atomic E-state index is -0.0804. The van der Waals surface area contributed by atoms with Crippen molar-refractivity contribution < 1.29 is 9.53 Å². The number of hydrogen-bond acceptors (Lipinski definition) is 3. The summed E-state index contributed by atoms with van der Waals surface area (Å²) < 4.78 is 4.85. The van der Waals surface area contributed by atoms with Crippen LogP contribution < -0.4 is 5.32 Å². The molecule has 17 heavy (non-hydrogen) atoms. The van der Waals surface area contributed by atoms with Crippen LogP contribution in [0.25, 0.3) is 0 Å². The largest absolute Gasteiger partial charge is 0.469 e. The Kier molecular flexibility index (Phi) is 5.96. The lowest BCUT2D eigenvalue weighted by molar-refractivity contribution is -0.142. The number of rotatable bonds is 5. The third kappa shape index (κ3) is 4.66. The molecular weight excluding hydrogens is 214 g/mol. The molecule has 0 aromatic heterocycles. The standard InChI is InChI=1S/C14H27NO2/c1-4-10-15-14(11-13(16)17-3)8-5-6-12(2)7-9-14/h12,15H,4-11H2,1-3H3. The second kappa shape index (κ2) is 7.00. The van der Waals surface area contributed by atoms with Crippen molar-refractivity contribution in [2.45, 2.75) is 64.3 Å². The normalized spacial score (nSPS) is 29.7. The maximum absolute atomic E-state index is 11.6. The highest BCUT2D eigenvalue weighted by Gasteiger charge is 2.34. The summed E-state index contributed by atoms with van der Waals surface area (Å²) in [5, 5.41) is 3.61. The van der Waals surface area contributed by atoms with Crippen LogP contribution in [0, 0.1) is 5.92 Å². The van der Waals surface area contributed by atoms with Gasteiger partial charge in [-0.2, -0.15) is 0 Å². The molecule has 1 N–H and O–H groups in total. The molecule has 3 heteroatoms. The molecule has 0 aromatic rings. The number of carbonyl (C=O) groups is 1. The molecule has 1 fully saturated rings. The van der Waals surface area contributed by atoms with Crippen molar-refractivity contribution in [3.63, 3.8) is 0 Å². The van der Waals surface area contributed by atoms with Gasteiger partial charge in [0.25, 0.3) is 0 Å². The molecule has 1 aliphatic rings. The van der Waals surface area contributed by atoms with E-state index in [-0.39, 0.29) is 11.5 Å². The first-order chi connectivity index (χ1) is 8.12. The number of methoxy groups -OCH3 is 1. The highest BCUT2D eigenvalue weighted by atomic mass is 16.5. The third-order valence-corrected chi connectivity index (χ3v) is 3.93. The van der Waals surface area contributed by atoms with E-state index in [2.05, 4.69) is 19.2 Å². The van der Waals surface area contributed by atoms with Crippen molar-refractivity contribution in [3.8, 4) is 0 Å². The first-order valence-corrected chi connectivity index (χ1v) is 6.94. The van der Waals surface area contributed by atoms with Crippen molar-refractivity contribution >= 4 is 5.97 Å². The lowest BCUT2D eigenvalue weighted by atomic mass is 9.86. The van der Waals surface area contributed by atoms with Gasteiger partial charge in [-0.1, -0.05) is 26.7 Å². The van der Waals surface area contributed by atoms with E-state index in [9.17, 15) is 4.79 Å². The third-order valence-electron chi connectivity index (χ3n) is 3.93. The maximum atomic E-state index is 11.6. The molecular formula is C14H27NO2. The van der Waals surface area contributed by atoms with Crippen molar-refractivity contribution in [2.24, 2.45) is 5.92 Å². The summed E-state index contributed by atoms with van der Waals surface area (Å²) in [5.41, 5.74) is -0.00609. The number of ether oxygens (including phenoxy) is 1. The Morgan fingerprint density at radius 1 is 1.41 bits per heavy atom. The van der Waals surface area contributed by atoms with Crippen LogP contribution in [0.5, 0.6) is 0 Å². The van der Waals surface area contributed by atoms with Crippen molar-refractivity contribution in [1.82, 2.24) is 5.32 Å². The van der Waals surface area contributed by atoms with Crippen LogP contribution in [-0.2, 0) is 9.53 Å². The van der Waals surface area contributed by atoms with Gasteiger partial charge < -0.3 is 10.1 Å². The van der Waals surface area contributed by atoms with Gasteiger partial charge >= 0.3 is 5.97 Å². The molecule has 0 saturated heterocycles. The summed E-state index contributed by atoms with van der Waals surface area (Å²) in [4.78, 5) is 11.6. The number of hydrogen-bond donors (Lipinski definition) is 1. The summed E-state index contributed by atoms with van der Waals surface area (Å²) in [7, 11) is 1.48. The highest BCUT2D eigenvalue weighted by molar-refractivity contribution is 5.70. The molecule has 1 aliphatic carbocycles. The molecule has 3 nitrogen and oxygen atoms in total. The van der Waals surface area contributed by atoms with Gasteiger partial charge in [-0.25, -0.2) is 0 Å². The molecule has 2 atom stereocenters. The van der Waals surface area contributed by atoms with Crippen LogP contribution in [0.15, 0.2) is 0 Å². The quantitative estimate of drug-likeness (QED) is 0.594. The molecule has 1 saturated carbocycles. The van der Waals surface area contributed by atoms with E-state index >= 15 is 0 Å². The minimum Gasteiger partial charge on any atom is -0.469 e. The minimum absolute atomic E-state index is 0.00609. The van der Waals surface area contributed by atoms with E-state index in [0.717, 1.165) is 31.7 Å². The van der Waals surface area contributed by atoms with Gasteiger partial charge in [0.05, 0.1) is 13.5 Å². The summed E-state index contributed by atoms with van der Waals surface area (Å²) in [6.07, 6.45) is 7.56. The monoisotopic (exact) mass is 241 g/mol. The average molecular weight is 241 g/mol. The Morgan fingerprint density at radius 2 is 2.18 bits per heavy atom. The summed E-state index contributed by atoms with van der Waals surface area (Å²) in [5.74, 6) is 0.709. The van der Waals surface area contributed by atoms with Crippen LogP contribution in [0.3, 0.4) is 0 Å². The van der Waals surface area contributed by atoms with Gasteiger partial charge in [0.2, 0.25) is 0 Å². The number of carbonyl (C=O) groups excluding carboxylic acids is 1. The lowest BCUT2D eigenvalue weighted by Crippen LogP contribution is -2.47. The van der Waals surface area contributed by atoms with Gasteiger partial charge in [0.15, 0.2) is 0 Å². The van der Waals surface area contributed by atoms with E-state index < -0.39 is 0 Å². The Morgan fingerprint density at radius 3 is 2.82 bits per heavy atom. The van der Waals surface area contributed by atoms with Gasteiger partial charge in [0, 0.05) is 5.54 Å². The number of nitrogens with one attached hydrogen (secondary N) is 1. The van der Waals surface area contributed by atoms with Crippen LogP contribution >= 0.6 is 0 Å². The second-order valence-corrected chi connectivity index (χ2v) is 5.50. The predicted molar refractivity (Wildman–Crippen MR) is 69.9 cm³/mol. The van der Waals surface area contributed by atoms with Crippen LogP contribution in [0.1, 0.15) is 58.8 Å². The van der Waals surface area contributed by atoms with Gasteiger partial charge in [-0.05, 0) is 38.1 Å². The Balaban J connectivity index is 2.65. The summed E-state index contributed by atoms with van der Waals surface area (Å²) in [6, 6.07) is 0. The smallest absolute Gasteiger partial charge is 0.307 e. The summed E-state index contributed by atoms with van der Waals surface area (Å²) >= 11 is 0. The van der Waals surface area contributed by atoms with Gasteiger partial charge in [0.1, 0.15) is 0 Å². The topological polar surface area (TPSA) is 38.3 Å². The summed E-state index contributed by atoms with van der Waals surface area (Å²) in [6.45, 7) is 5.47. The predicted octanol–water partition coefficient (Wildman–Crippen LogP) is 2.89. The fourth-order valence-corrected chi connectivity index (χ4v) is 2.74. The molecule has 0 aromatic carbocycles. The molecule has 0 amide bonds. The fourth-order valence-electron chi connectivity index (χ4n) is 2.74. The van der Waals surface area contributed by atoms with Gasteiger partial charge in [-0.15, -0.1) is 0 Å². The van der Waals surface area contributed by atoms with E-state index in [1.807, 2.05) is 0 Å². The maximum Gasteiger partial charge on any atom is 0.307 e. The zero-order valence-corrected chi connectivity index (χ0v) is 11.6. The molecule has 0 spiro atoms. The van der Waals surface area contributed by atoms with Crippen LogP contribution in [0.2, 0.25) is 0 Å². The Labute approximate surface area is 105 Å². The zero-order chi connectivity index (χ0) is 12.7. The average Bonchev–Trinajstić information content (AvgIpc) is 2.50. The van der Waals surface area contributed by atoms with E-state index in [1.165, 1.54) is 26.4 Å². The van der Waals surface area contributed by atoms with Crippen molar-refractivity contribution in [3.05, 3.63) is 0 Å². The van der Waals surface area contributed by atoms with E-state index in [1.54, 1.807) is 0 Å². The molecule has 2 unspecified atom stereocenters. The van der Waals surface area contributed by atoms with Crippen molar-refractivity contribution in [1.29, 1.82) is 0 Å². The molecule has 0 heterocycles. The fraction of sp³-hybridized carbons (Fsp3) is 0.929. The first-order valence-electron chi connectivity index (χ1n) is 6.94.